The number of hydrogen-bond donors (Lipinski definition) is 0. The number of aryl methyl sites for hydroxylation is 1. The van der Waals surface area contributed by atoms with Crippen LogP contribution in [0.5, 0.6) is 0 Å². The van der Waals surface area contributed by atoms with Gasteiger partial charge in [-0.25, -0.2) is 9.78 Å². The number of aromatic nitrogens is 1. The van der Waals surface area contributed by atoms with Crippen molar-refractivity contribution in [2.45, 2.75) is 6.92 Å². The second kappa shape index (κ2) is 5.49. The summed E-state index contributed by atoms with van der Waals surface area (Å²) in [7, 11) is 1.39. The van der Waals surface area contributed by atoms with Crippen LogP contribution in [0.1, 0.15) is 16.2 Å². The summed E-state index contributed by atoms with van der Waals surface area (Å²) in [6, 6.07) is 17.5. The maximum Gasteiger partial charge on any atom is 0.337 e. The van der Waals surface area contributed by atoms with Gasteiger partial charge in [0, 0.05) is 12.5 Å². The number of ether oxygens (including phenoxy) is 1. The number of nitrogens with zero attached hydrogens (tertiary/aromatic N) is 1. The number of methoxy groups -OCH3 is 1. The van der Waals surface area contributed by atoms with Crippen molar-refractivity contribution < 1.29 is 13.9 Å². The monoisotopic (exact) mass is 317 g/mol. The van der Waals surface area contributed by atoms with Gasteiger partial charge in [-0.2, -0.15) is 0 Å². The lowest BCUT2D eigenvalue weighted by Crippen LogP contribution is -2.00. The first-order valence-electron chi connectivity index (χ1n) is 7.65. The summed E-state index contributed by atoms with van der Waals surface area (Å²) in [4.78, 5) is 16.3. The Morgan fingerprint density at radius 1 is 1.04 bits per heavy atom. The summed E-state index contributed by atoms with van der Waals surface area (Å²) < 4.78 is 10.6. The molecule has 0 saturated heterocycles. The van der Waals surface area contributed by atoms with Gasteiger partial charge in [0.2, 0.25) is 0 Å². The lowest BCUT2D eigenvalue weighted by Gasteiger charge is -2.09. The van der Waals surface area contributed by atoms with E-state index in [1.165, 1.54) is 7.11 Å². The lowest BCUT2D eigenvalue weighted by atomic mass is 9.96. The topological polar surface area (TPSA) is 52.3 Å². The molecule has 0 atom stereocenters. The molecule has 0 amide bonds. The fourth-order valence-electron chi connectivity index (χ4n) is 3.02. The van der Waals surface area contributed by atoms with Crippen molar-refractivity contribution in [3.05, 3.63) is 66.1 Å². The lowest BCUT2D eigenvalue weighted by molar-refractivity contribution is 0.0601. The van der Waals surface area contributed by atoms with Gasteiger partial charge in [0.05, 0.1) is 12.7 Å². The molecule has 0 spiro atoms. The van der Waals surface area contributed by atoms with Crippen LogP contribution in [0.3, 0.4) is 0 Å². The summed E-state index contributed by atoms with van der Waals surface area (Å²) >= 11 is 0. The molecule has 3 aromatic carbocycles. The van der Waals surface area contributed by atoms with Gasteiger partial charge in [-0.1, -0.05) is 36.4 Å². The molecular formula is C20H15NO3. The molecule has 4 nitrogen and oxygen atoms in total. The minimum absolute atomic E-state index is 0.347. The Morgan fingerprint density at radius 3 is 2.67 bits per heavy atom. The molecule has 4 aromatic rings. The molecule has 1 heterocycles. The third-order valence-electron chi connectivity index (χ3n) is 4.12. The van der Waals surface area contributed by atoms with Gasteiger partial charge in [0.15, 0.2) is 11.5 Å². The zero-order valence-electron chi connectivity index (χ0n) is 13.4. The van der Waals surface area contributed by atoms with Crippen LogP contribution >= 0.6 is 0 Å². The first kappa shape index (κ1) is 14.5. The van der Waals surface area contributed by atoms with Crippen LogP contribution in [0, 0.1) is 6.92 Å². The highest BCUT2D eigenvalue weighted by Gasteiger charge is 2.13. The number of benzene rings is 3. The fraction of sp³-hybridized carbons (Fsp3) is 0.100. The van der Waals surface area contributed by atoms with Gasteiger partial charge in [-0.3, -0.25) is 0 Å². The Morgan fingerprint density at radius 2 is 1.83 bits per heavy atom. The molecule has 0 fully saturated rings. The van der Waals surface area contributed by atoms with Gasteiger partial charge in [0.25, 0.3) is 0 Å². The summed E-state index contributed by atoms with van der Waals surface area (Å²) in [6.07, 6.45) is 0. The predicted octanol–water partition coefficient (Wildman–Crippen LogP) is 4.74. The quantitative estimate of drug-likeness (QED) is 0.501. The number of rotatable bonds is 2. The van der Waals surface area contributed by atoms with E-state index < -0.39 is 0 Å². The van der Waals surface area contributed by atoms with Crippen LogP contribution in [0.2, 0.25) is 0 Å². The zero-order valence-corrected chi connectivity index (χ0v) is 13.4. The van der Waals surface area contributed by atoms with Gasteiger partial charge in [-0.15, -0.1) is 0 Å². The molecule has 118 valence electrons. The van der Waals surface area contributed by atoms with E-state index in [4.69, 9.17) is 9.15 Å². The van der Waals surface area contributed by atoms with Crippen LogP contribution in [0.25, 0.3) is 33.0 Å². The minimum atomic E-state index is -0.347. The SMILES string of the molecule is COC(=O)c1ccc2cccc(-c3cccc4nc(C)oc34)c2c1. The molecule has 24 heavy (non-hydrogen) atoms. The first-order valence-corrected chi connectivity index (χ1v) is 7.65. The number of carbonyl (C=O) groups is 1. The van der Waals surface area contributed by atoms with Crippen molar-refractivity contribution in [2.75, 3.05) is 7.11 Å². The third-order valence-corrected chi connectivity index (χ3v) is 4.12. The summed E-state index contributed by atoms with van der Waals surface area (Å²) in [5.74, 6) is 0.286. The van der Waals surface area contributed by atoms with E-state index in [-0.39, 0.29) is 5.97 Å². The highest BCUT2D eigenvalue weighted by atomic mass is 16.5. The molecule has 0 unspecified atom stereocenters. The molecule has 1 aromatic heterocycles. The van der Waals surface area contributed by atoms with E-state index in [2.05, 4.69) is 4.98 Å². The van der Waals surface area contributed by atoms with Crippen LogP contribution in [-0.4, -0.2) is 18.1 Å². The summed E-state index contributed by atoms with van der Waals surface area (Å²) in [5.41, 5.74) is 4.07. The minimum Gasteiger partial charge on any atom is -0.465 e. The molecule has 0 aliphatic rings. The molecule has 0 aliphatic carbocycles. The number of hydrogen-bond acceptors (Lipinski definition) is 4. The van der Waals surface area contributed by atoms with E-state index >= 15 is 0 Å². The van der Waals surface area contributed by atoms with Crippen LogP contribution < -0.4 is 0 Å². The van der Waals surface area contributed by atoms with Gasteiger partial charge in [0.1, 0.15) is 5.52 Å². The molecule has 4 heteroatoms. The normalized spacial score (nSPS) is 11.1. The maximum absolute atomic E-state index is 11.9. The van der Waals surface area contributed by atoms with E-state index in [0.29, 0.717) is 11.5 Å². The van der Waals surface area contributed by atoms with Crippen molar-refractivity contribution in [2.24, 2.45) is 0 Å². The number of oxazole rings is 1. The van der Waals surface area contributed by atoms with E-state index in [0.717, 1.165) is 33.0 Å². The Kier molecular flexibility index (Phi) is 3.31. The first-order chi connectivity index (χ1) is 11.7. The number of para-hydroxylation sites is 1. The van der Waals surface area contributed by atoms with Crippen molar-refractivity contribution in [1.29, 1.82) is 0 Å². The smallest absolute Gasteiger partial charge is 0.337 e. The van der Waals surface area contributed by atoms with E-state index in [1.54, 1.807) is 6.07 Å². The van der Waals surface area contributed by atoms with E-state index in [1.807, 2.05) is 55.5 Å². The Balaban J connectivity index is 2.03. The van der Waals surface area contributed by atoms with Crippen LogP contribution in [-0.2, 0) is 4.74 Å². The highest BCUT2D eigenvalue weighted by molar-refractivity contribution is 6.05. The standard InChI is InChI=1S/C20H15NO3/c1-12-21-18-8-4-7-16(19(18)24-12)15-6-3-5-13-9-10-14(11-17(13)15)20(22)23-2/h3-11H,1-2H3. The van der Waals surface area contributed by atoms with Gasteiger partial charge < -0.3 is 9.15 Å². The van der Waals surface area contributed by atoms with Crippen LogP contribution in [0.15, 0.2) is 59.0 Å². The average molecular weight is 317 g/mol. The number of fused-ring (bicyclic) bond motifs is 2. The second-order valence-electron chi connectivity index (χ2n) is 5.62. The fourth-order valence-corrected chi connectivity index (χ4v) is 3.02. The predicted molar refractivity (Wildman–Crippen MR) is 93.0 cm³/mol. The molecule has 0 radical (unpaired) electrons. The van der Waals surface area contributed by atoms with Crippen molar-refractivity contribution in [1.82, 2.24) is 4.98 Å². The molecule has 0 aliphatic heterocycles. The summed E-state index contributed by atoms with van der Waals surface area (Å²) in [6.45, 7) is 1.84. The van der Waals surface area contributed by atoms with Gasteiger partial charge >= 0.3 is 5.97 Å². The Hall–Kier alpha value is -3.14. The molecule has 0 saturated carbocycles. The van der Waals surface area contributed by atoms with Crippen molar-refractivity contribution in [3.63, 3.8) is 0 Å². The largest absolute Gasteiger partial charge is 0.465 e. The number of carbonyl (C=O) groups excluding carboxylic acids is 1. The molecule has 4 rings (SSSR count). The Labute approximate surface area is 138 Å². The summed E-state index contributed by atoms with van der Waals surface area (Å²) in [5, 5.41) is 2.02. The average Bonchev–Trinajstić information content (AvgIpc) is 3.00. The second-order valence-corrected chi connectivity index (χ2v) is 5.62. The zero-order chi connectivity index (χ0) is 16.7. The van der Waals surface area contributed by atoms with Crippen molar-refractivity contribution in [3.8, 4) is 11.1 Å². The van der Waals surface area contributed by atoms with Gasteiger partial charge in [-0.05, 0) is 34.5 Å². The number of esters is 1. The maximum atomic E-state index is 11.9. The highest BCUT2D eigenvalue weighted by Crippen LogP contribution is 2.34. The molecule has 0 bridgehead atoms. The molecular weight excluding hydrogens is 302 g/mol. The van der Waals surface area contributed by atoms with E-state index in [9.17, 15) is 4.79 Å². The Bertz CT molecular complexity index is 1080. The third kappa shape index (κ3) is 2.24. The molecule has 0 N–H and O–H groups in total. The van der Waals surface area contributed by atoms with Crippen molar-refractivity contribution >= 4 is 27.8 Å². The van der Waals surface area contributed by atoms with Crippen LogP contribution in [0.4, 0.5) is 0 Å².